The molecule has 1 fully saturated rings. The number of methoxy groups -OCH3 is 1. The molecule has 4 amide bonds. The molecule has 1 atom stereocenters. The van der Waals surface area contributed by atoms with Crippen molar-refractivity contribution in [2.75, 3.05) is 26.7 Å². The van der Waals surface area contributed by atoms with E-state index >= 15 is 0 Å². The Labute approximate surface area is 119 Å². The molecule has 1 aromatic rings. The Kier molecular flexibility index (Phi) is 4.62. The lowest BCUT2D eigenvalue weighted by atomic mass is 10.3. The second-order valence-corrected chi connectivity index (χ2v) is 5.68. The van der Waals surface area contributed by atoms with Crippen LogP contribution in [0.2, 0.25) is 4.34 Å². The van der Waals surface area contributed by atoms with Crippen molar-refractivity contribution in [3.05, 3.63) is 21.3 Å². The molecular weight excluding hydrogens is 290 g/mol. The fourth-order valence-corrected chi connectivity index (χ4v) is 2.88. The van der Waals surface area contributed by atoms with Gasteiger partial charge in [-0.15, -0.1) is 11.3 Å². The van der Waals surface area contributed by atoms with Crippen LogP contribution in [-0.2, 0) is 4.74 Å². The zero-order valence-corrected chi connectivity index (χ0v) is 11.9. The highest BCUT2D eigenvalue weighted by Gasteiger charge is 2.26. The molecule has 1 aliphatic heterocycles. The van der Waals surface area contributed by atoms with Gasteiger partial charge in [-0.1, -0.05) is 11.6 Å². The van der Waals surface area contributed by atoms with E-state index in [0.29, 0.717) is 17.4 Å². The lowest BCUT2D eigenvalue weighted by molar-refractivity contribution is 0.105. The number of halogens is 1. The smallest absolute Gasteiger partial charge is 0.325 e. The Morgan fingerprint density at radius 3 is 3.00 bits per heavy atom. The van der Waals surface area contributed by atoms with Gasteiger partial charge in [0, 0.05) is 25.1 Å². The minimum Gasteiger partial charge on any atom is -0.374 e. The normalized spacial score (nSPS) is 16.3. The van der Waals surface area contributed by atoms with E-state index in [1.54, 1.807) is 13.2 Å². The summed E-state index contributed by atoms with van der Waals surface area (Å²) in [4.78, 5) is 25.2. The molecule has 0 bridgehead atoms. The summed E-state index contributed by atoms with van der Waals surface area (Å²) in [5.41, 5.74) is 0. The number of nitrogens with one attached hydrogen (secondary N) is 2. The molecular formula is C11H14ClN3O3S. The quantitative estimate of drug-likeness (QED) is 0.891. The molecule has 0 radical (unpaired) electrons. The largest absolute Gasteiger partial charge is 0.374 e. The van der Waals surface area contributed by atoms with E-state index < -0.39 is 6.03 Å². The summed E-state index contributed by atoms with van der Waals surface area (Å²) in [6.07, 6.45) is -0.271. The third-order valence-electron chi connectivity index (χ3n) is 2.74. The van der Waals surface area contributed by atoms with Crippen LogP contribution in [0.15, 0.2) is 12.1 Å². The molecule has 1 aromatic heterocycles. The summed E-state index contributed by atoms with van der Waals surface area (Å²) in [6.45, 7) is 1.16. The van der Waals surface area contributed by atoms with Gasteiger partial charge < -0.3 is 15.4 Å². The van der Waals surface area contributed by atoms with Crippen molar-refractivity contribution in [2.24, 2.45) is 0 Å². The number of carbonyl (C=O) groups excluding carboxylic acids is 2. The van der Waals surface area contributed by atoms with Crippen molar-refractivity contribution >= 4 is 35.0 Å². The van der Waals surface area contributed by atoms with Crippen LogP contribution in [0.3, 0.4) is 0 Å². The van der Waals surface area contributed by atoms with Crippen LogP contribution in [0.4, 0.5) is 9.59 Å². The number of hydrogen-bond donors (Lipinski definition) is 2. The van der Waals surface area contributed by atoms with Crippen LogP contribution in [0.1, 0.15) is 11.0 Å². The van der Waals surface area contributed by atoms with Gasteiger partial charge in [-0.05, 0) is 12.1 Å². The van der Waals surface area contributed by atoms with Crippen molar-refractivity contribution in [3.63, 3.8) is 0 Å². The van der Waals surface area contributed by atoms with Crippen molar-refractivity contribution in [3.8, 4) is 0 Å². The average molecular weight is 304 g/mol. The fraction of sp³-hybridized carbons (Fsp3) is 0.455. The maximum atomic E-state index is 11.8. The predicted octanol–water partition coefficient (Wildman–Crippen LogP) is 1.82. The van der Waals surface area contributed by atoms with Gasteiger partial charge in [0.05, 0.1) is 10.9 Å². The Bertz CT molecular complexity index is 480. The maximum absolute atomic E-state index is 11.8. The lowest BCUT2D eigenvalue weighted by Crippen LogP contribution is -2.43. The molecule has 2 rings (SSSR count). The van der Waals surface area contributed by atoms with Crippen molar-refractivity contribution in [1.82, 2.24) is 15.5 Å². The predicted molar refractivity (Wildman–Crippen MR) is 72.6 cm³/mol. The van der Waals surface area contributed by atoms with E-state index in [2.05, 4.69) is 10.6 Å². The third-order valence-corrected chi connectivity index (χ3v) is 4.06. The number of nitrogens with zero attached hydrogens (tertiary/aromatic N) is 1. The molecule has 0 unspecified atom stereocenters. The molecule has 8 heteroatoms. The second kappa shape index (κ2) is 6.23. The van der Waals surface area contributed by atoms with E-state index in [1.807, 2.05) is 6.07 Å². The molecule has 1 saturated heterocycles. The maximum Gasteiger partial charge on any atom is 0.325 e. The van der Waals surface area contributed by atoms with Crippen LogP contribution in [-0.4, -0.2) is 43.7 Å². The number of ether oxygens (including phenoxy) is 1. The monoisotopic (exact) mass is 303 g/mol. The van der Waals surface area contributed by atoms with Gasteiger partial charge in [-0.25, -0.2) is 14.5 Å². The summed E-state index contributed by atoms with van der Waals surface area (Å²) in [7, 11) is 1.56. The number of urea groups is 2. The average Bonchev–Trinajstić information content (AvgIpc) is 2.99. The highest BCUT2D eigenvalue weighted by molar-refractivity contribution is 7.16. The van der Waals surface area contributed by atoms with Crippen LogP contribution in [0.5, 0.6) is 0 Å². The SMILES string of the molecule is CO[C@@H](CNC(=O)N1CCNC1=O)c1ccc(Cl)s1. The molecule has 2 heterocycles. The molecule has 19 heavy (non-hydrogen) atoms. The number of rotatable bonds is 4. The molecule has 0 aliphatic carbocycles. The lowest BCUT2D eigenvalue weighted by Gasteiger charge is -2.17. The Hall–Kier alpha value is -1.31. The van der Waals surface area contributed by atoms with Crippen LogP contribution < -0.4 is 10.6 Å². The number of thiophene rings is 1. The van der Waals surface area contributed by atoms with Gasteiger partial charge in [-0.3, -0.25) is 0 Å². The van der Waals surface area contributed by atoms with E-state index in [-0.39, 0.29) is 18.7 Å². The van der Waals surface area contributed by atoms with Gasteiger partial charge in [-0.2, -0.15) is 0 Å². The minimum atomic E-state index is -0.417. The molecule has 1 aliphatic rings. The summed E-state index contributed by atoms with van der Waals surface area (Å²) in [6, 6.07) is 2.85. The van der Waals surface area contributed by atoms with E-state index in [4.69, 9.17) is 16.3 Å². The van der Waals surface area contributed by atoms with Crippen molar-refractivity contribution in [2.45, 2.75) is 6.10 Å². The van der Waals surface area contributed by atoms with Gasteiger partial charge in [0.2, 0.25) is 0 Å². The van der Waals surface area contributed by atoms with Crippen molar-refractivity contribution in [1.29, 1.82) is 0 Å². The first-order valence-electron chi connectivity index (χ1n) is 5.73. The third kappa shape index (κ3) is 3.37. The highest BCUT2D eigenvalue weighted by Crippen LogP contribution is 2.28. The number of hydrogen-bond acceptors (Lipinski definition) is 4. The van der Waals surface area contributed by atoms with Crippen LogP contribution in [0.25, 0.3) is 0 Å². The fourth-order valence-electron chi connectivity index (χ4n) is 1.74. The number of amides is 4. The summed E-state index contributed by atoms with van der Waals surface area (Å²) in [5.74, 6) is 0. The Balaban J connectivity index is 1.89. The molecule has 0 saturated carbocycles. The molecule has 6 nitrogen and oxygen atoms in total. The molecule has 104 valence electrons. The first kappa shape index (κ1) is 14.1. The first-order chi connectivity index (χ1) is 9.11. The van der Waals surface area contributed by atoms with E-state index in [0.717, 1.165) is 9.78 Å². The summed E-state index contributed by atoms with van der Waals surface area (Å²) in [5, 5.41) is 5.25. The molecule has 0 spiro atoms. The first-order valence-corrected chi connectivity index (χ1v) is 6.92. The standard InChI is InChI=1S/C11H14ClN3O3S/c1-18-7(8-2-3-9(12)19-8)6-14-11(17)15-5-4-13-10(15)16/h2-3,7H,4-6H2,1H3,(H,13,16)(H,14,17)/t7-/m0/s1. The van der Waals surface area contributed by atoms with Gasteiger partial charge in [0.15, 0.2) is 0 Å². The zero-order valence-electron chi connectivity index (χ0n) is 10.3. The topological polar surface area (TPSA) is 70.7 Å². The van der Waals surface area contributed by atoms with Gasteiger partial charge in [0.1, 0.15) is 6.10 Å². The number of imide groups is 1. The number of carbonyl (C=O) groups is 2. The highest BCUT2D eigenvalue weighted by atomic mass is 35.5. The van der Waals surface area contributed by atoms with Gasteiger partial charge >= 0.3 is 12.1 Å². The van der Waals surface area contributed by atoms with Crippen molar-refractivity contribution < 1.29 is 14.3 Å². The van der Waals surface area contributed by atoms with Crippen LogP contribution in [0, 0.1) is 0 Å². The second-order valence-electron chi connectivity index (χ2n) is 3.94. The van der Waals surface area contributed by atoms with E-state index in [9.17, 15) is 9.59 Å². The summed E-state index contributed by atoms with van der Waals surface area (Å²) >= 11 is 7.26. The Morgan fingerprint density at radius 2 is 2.47 bits per heavy atom. The van der Waals surface area contributed by atoms with Crippen LogP contribution >= 0.6 is 22.9 Å². The van der Waals surface area contributed by atoms with Gasteiger partial charge in [0.25, 0.3) is 0 Å². The molecule has 2 N–H and O–H groups in total. The summed E-state index contributed by atoms with van der Waals surface area (Å²) < 4.78 is 5.98. The minimum absolute atomic E-state index is 0.271. The Morgan fingerprint density at radius 1 is 1.68 bits per heavy atom. The van der Waals surface area contributed by atoms with E-state index in [1.165, 1.54) is 11.3 Å². The zero-order chi connectivity index (χ0) is 13.8. The molecule has 0 aromatic carbocycles.